The fourth-order valence-corrected chi connectivity index (χ4v) is 3.98. The summed E-state index contributed by atoms with van der Waals surface area (Å²) in [5, 5.41) is 3.88. The lowest BCUT2D eigenvalue weighted by atomic mass is 9.96. The summed E-state index contributed by atoms with van der Waals surface area (Å²) in [6.45, 7) is 6.43. The number of nitrogens with zero attached hydrogens (tertiary/aromatic N) is 2. The van der Waals surface area contributed by atoms with Crippen molar-refractivity contribution in [2.24, 2.45) is 0 Å². The number of ether oxygens (including phenoxy) is 3. The van der Waals surface area contributed by atoms with Crippen LogP contribution in [-0.4, -0.2) is 37.7 Å². The number of benzene rings is 2. The summed E-state index contributed by atoms with van der Waals surface area (Å²) in [5.74, 6) is 0.975. The molecular weight excluding hydrogens is 450 g/mol. The SMILES string of the molecule is CC(C)(C)c1noc(COC(=O)c2ccc(NS(=O)(=O)c3ccc4c(c3)OCCO4)cc2)n1. The van der Waals surface area contributed by atoms with Crippen LogP contribution in [0.1, 0.15) is 42.8 Å². The summed E-state index contributed by atoms with van der Waals surface area (Å²) in [4.78, 5) is 16.5. The first-order valence-corrected chi connectivity index (χ1v) is 11.6. The number of carbonyl (C=O) groups is 1. The maximum atomic E-state index is 12.7. The number of aromatic nitrogens is 2. The zero-order valence-corrected chi connectivity index (χ0v) is 19.1. The van der Waals surface area contributed by atoms with Crippen molar-refractivity contribution in [1.29, 1.82) is 0 Å². The van der Waals surface area contributed by atoms with E-state index in [1.165, 1.54) is 36.4 Å². The lowest BCUT2D eigenvalue weighted by molar-refractivity contribution is 0.0430. The Morgan fingerprint density at radius 2 is 1.76 bits per heavy atom. The fraction of sp³-hybridized carbons (Fsp3) is 0.318. The van der Waals surface area contributed by atoms with Gasteiger partial charge in [-0.2, -0.15) is 4.98 Å². The Balaban J connectivity index is 1.38. The molecule has 0 saturated carbocycles. The summed E-state index contributed by atoms with van der Waals surface area (Å²) in [7, 11) is -3.87. The Labute approximate surface area is 190 Å². The van der Waals surface area contributed by atoms with Crippen LogP contribution in [0, 0.1) is 0 Å². The summed E-state index contributed by atoms with van der Waals surface area (Å²) >= 11 is 0. The van der Waals surface area contributed by atoms with E-state index in [1.807, 2.05) is 20.8 Å². The average molecular weight is 474 g/mol. The van der Waals surface area contributed by atoms with Crippen LogP contribution in [0.15, 0.2) is 51.9 Å². The van der Waals surface area contributed by atoms with Crippen LogP contribution in [0.25, 0.3) is 0 Å². The van der Waals surface area contributed by atoms with Crippen molar-refractivity contribution in [1.82, 2.24) is 10.1 Å². The molecule has 174 valence electrons. The van der Waals surface area contributed by atoms with Crippen LogP contribution in [0.5, 0.6) is 11.5 Å². The molecule has 0 amide bonds. The van der Waals surface area contributed by atoms with E-state index in [0.717, 1.165) is 0 Å². The second-order valence-electron chi connectivity index (χ2n) is 8.33. The van der Waals surface area contributed by atoms with Gasteiger partial charge in [-0.15, -0.1) is 0 Å². The summed E-state index contributed by atoms with van der Waals surface area (Å²) in [6, 6.07) is 10.2. The Hall–Kier alpha value is -3.60. The first-order valence-electron chi connectivity index (χ1n) is 10.1. The zero-order chi connectivity index (χ0) is 23.6. The largest absolute Gasteiger partial charge is 0.486 e. The van der Waals surface area contributed by atoms with E-state index >= 15 is 0 Å². The van der Waals surface area contributed by atoms with Crippen LogP contribution in [0.4, 0.5) is 5.69 Å². The summed E-state index contributed by atoms with van der Waals surface area (Å²) in [5.41, 5.74) is 0.246. The van der Waals surface area contributed by atoms with E-state index in [2.05, 4.69) is 14.9 Å². The smallest absolute Gasteiger partial charge is 0.338 e. The lowest BCUT2D eigenvalue weighted by Crippen LogP contribution is -2.17. The highest BCUT2D eigenvalue weighted by Gasteiger charge is 2.22. The number of rotatable bonds is 6. The molecule has 4 rings (SSSR count). The highest BCUT2D eigenvalue weighted by atomic mass is 32.2. The van der Waals surface area contributed by atoms with Crippen molar-refractivity contribution in [3.05, 3.63) is 59.7 Å². The zero-order valence-electron chi connectivity index (χ0n) is 18.3. The minimum atomic E-state index is -3.87. The van der Waals surface area contributed by atoms with Crippen molar-refractivity contribution in [3.8, 4) is 11.5 Å². The van der Waals surface area contributed by atoms with Crippen molar-refractivity contribution in [2.45, 2.75) is 37.7 Å². The van der Waals surface area contributed by atoms with Gasteiger partial charge >= 0.3 is 5.97 Å². The number of fused-ring (bicyclic) bond motifs is 1. The highest BCUT2D eigenvalue weighted by molar-refractivity contribution is 7.92. The quantitative estimate of drug-likeness (QED) is 0.536. The molecule has 2 heterocycles. The molecule has 11 heteroatoms. The van der Waals surface area contributed by atoms with Gasteiger partial charge in [0.05, 0.1) is 10.5 Å². The van der Waals surface area contributed by atoms with Crippen LogP contribution in [-0.2, 0) is 26.8 Å². The maximum Gasteiger partial charge on any atom is 0.338 e. The Morgan fingerprint density at radius 1 is 1.06 bits per heavy atom. The molecule has 0 atom stereocenters. The first-order chi connectivity index (χ1) is 15.6. The number of carbonyl (C=O) groups excluding carboxylic acids is 1. The van der Waals surface area contributed by atoms with E-state index in [0.29, 0.717) is 30.5 Å². The minimum Gasteiger partial charge on any atom is -0.486 e. The second kappa shape index (κ2) is 8.74. The molecule has 1 aliphatic rings. The minimum absolute atomic E-state index is 0.0319. The van der Waals surface area contributed by atoms with Crippen molar-refractivity contribution in [3.63, 3.8) is 0 Å². The van der Waals surface area contributed by atoms with E-state index in [9.17, 15) is 13.2 Å². The van der Waals surface area contributed by atoms with Gasteiger partial charge in [-0.3, -0.25) is 4.72 Å². The molecule has 0 spiro atoms. The molecule has 3 aromatic rings. The second-order valence-corrected chi connectivity index (χ2v) is 10.0. The van der Waals surface area contributed by atoms with Gasteiger partial charge in [-0.1, -0.05) is 25.9 Å². The molecule has 33 heavy (non-hydrogen) atoms. The number of sulfonamides is 1. The van der Waals surface area contributed by atoms with Gasteiger partial charge < -0.3 is 18.7 Å². The third kappa shape index (κ3) is 5.25. The molecule has 1 aromatic heterocycles. The molecule has 10 nitrogen and oxygen atoms in total. The number of hydrogen-bond donors (Lipinski definition) is 1. The Morgan fingerprint density at radius 3 is 2.42 bits per heavy atom. The van der Waals surface area contributed by atoms with Gasteiger partial charge in [0.15, 0.2) is 23.9 Å². The molecule has 0 unspecified atom stereocenters. The Kier molecular flexibility index (Phi) is 5.98. The molecule has 0 radical (unpaired) electrons. The number of nitrogens with one attached hydrogen (secondary N) is 1. The fourth-order valence-electron chi connectivity index (χ4n) is 2.91. The molecule has 0 aliphatic carbocycles. The molecule has 0 fully saturated rings. The van der Waals surface area contributed by atoms with Gasteiger partial charge in [0.2, 0.25) is 0 Å². The predicted octanol–water partition coefficient (Wildman–Crippen LogP) is 3.30. The van der Waals surface area contributed by atoms with E-state index < -0.39 is 16.0 Å². The van der Waals surface area contributed by atoms with E-state index in [1.54, 1.807) is 6.07 Å². The van der Waals surface area contributed by atoms with Crippen LogP contribution in [0.2, 0.25) is 0 Å². The van der Waals surface area contributed by atoms with Crippen molar-refractivity contribution < 1.29 is 31.9 Å². The molecule has 0 bridgehead atoms. The lowest BCUT2D eigenvalue weighted by Gasteiger charge is -2.19. The average Bonchev–Trinajstić information content (AvgIpc) is 3.27. The third-order valence-corrected chi connectivity index (χ3v) is 6.04. The van der Waals surface area contributed by atoms with Gasteiger partial charge in [0.25, 0.3) is 15.9 Å². The van der Waals surface area contributed by atoms with Gasteiger partial charge in [0.1, 0.15) is 13.2 Å². The molecule has 1 N–H and O–H groups in total. The van der Waals surface area contributed by atoms with Crippen LogP contribution >= 0.6 is 0 Å². The van der Waals surface area contributed by atoms with Crippen LogP contribution < -0.4 is 14.2 Å². The number of esters is 1. The van der Waals surface area contributed by atoms with Gasteiger partial charge in [-0.25, -0.2) is 13.2 Å². The van der Waals surface area contributed by atoms with Crippen LogP contribution in [0.3, 0.4) is 0 Å². The predicted molar refractivity (Wildman–Crippen MR) is 117 cm³/mol. The topological polar surface area (TPSA) is 130 Å². The Bertz CT molecular complexity index is 1260. The molecule has 1 aliphatic heterocycles. The van der Waals surface area contributed by atoms with Gasteiger partial charge in [-0.05, 0) is 36.4 Å². The summed E-state index contributed by atoms with van der Waals surface area (Å²) in [6.07, 6.45) is 0. The van der Waals surface area contributed by atoms with Crippen molar-refractivity contribution >= 4 is 21.7 Å². The maximum absolute atomic E-state index is 12.7. The number of hydrogen-bond acceptors (Lipinski definition) is 9. The van der Waals surface area contributed by atoms with E-state index in [4.69, 9.17) is 18.7 Å². The molecular formula is C22H23N3O7S. The third-order valence-electron chi connectivity index (χ3n) is 4.66. The summed E-state index contributed by atoms with van der Waals surface area (Å²) < 4.78 is 49.1. The first kappa shape index (κ1) is 22.6. The van der Waals surface area contributed by atoms with E-state index in [-0.39, 0.29) is 34.1 Å². The normalized spacial score (nSPS) is 13.4. The molecule has 2 aromatic carbocycles. The highest BCUT2D eigenvalue weighted by Crippen LogP contribution is 2.32. The molecule has 0 saturated heterocycles. The standard InChI is InChI=1S/C22H23N3O7S/c1-22(2,3)21-23-19(32-24-21)13-31-20(26)14-4-6-15(7-5-14)25-33(27,28)16-8-9-17-18(12-16)30-11-10-29-17/h4-9,12,25H,10-11,13H2,1-3H3. The number of anilines is 1. The van der Waals surface area contributed by atoms with Crippen molar-refractivity contribution in [2.75, 3.05) is 17.9 Å². The monoisotopic (exact) mass is 473 g/mol. The van der Waals surface area contributed by atoms with Gasteiger partial charge in [0, 0.05) is 17.2 Å².